The normalized spacial score (nSPS) is 16.7. The van der Waals surface area contributed by atoms with E-state index in [1.807, 2.05) is 30.3 Å². The minimum absolute atomic E-state index is 0.0680. The Morgan fingerprint density at radius 1 is 1.16 bits per heavy atom. The van der Waals surface area contributed by atoms with Gasteiger partial charge in [0.25, 0.3) is 0 Å². The number of fused-ring (bicyclic) bond motifs is 1. The van der Waals surface area contributed by atoms with Crippen molar-refractivity contribution in [2.75, 3.05) is 24.5 Å². The van der Waals surface area contributed by atoms with Crippen molar-refractivity contribution in [3.63, 3.8) is 0 Å². The fourth-order valence-corrected chi connectivity index (χ4v) is 6.32. The monoisotopic (exact) mass is 591 g/mol. The second kappa shape index (κ2) is 12.3. The van der Waals surface area contributed by atoms with E-state index in [4.69, 9.17) is 25.9 Å². The van der Waals surface area contributed by atoms with Crippen LogP contribution >= 0.6 is 26.8 Å². The van der Waals surface area contributed by atoms with Crippen molar-refractivity contribution < 1.29 is 43.7 Å². The van der Waals surface area contributed by atoms with Crippen molar-refractivity contribution in [2.45, 2.75) is 31.9 Å². The summed E-state index contributed by atoms with van der Waals surface area (Å²) in [6.45, 7) is 1.15. The molecule has 0 aliphatic carbocycles. The molecule has 2 aromatic heterocycles. The highest BCUT2D eigenvalue weighted by molar-refractivity contribution is 7.70. The zero-order valence-corrected chi connectivity index (χ0v) is 22.9. The van der Waals surface area contributed by atoms with Gasteiger partial charge in [0.1, 0.15) is 18.0 Å². The van der Waals surface area contributed by atoms with Crippen molar-refractivity contribution in [2.24, 2.45) is 0 Å². The number of nitrogens with zero attached hydrogens (tertiary/aromatic N) is 5. The zero-order valence-electron chi connectivity index (χ0n) is 20.3. The molecule has 0 aliphatic rings. The summed E-state index contributed by atoms with van der Waals surface area (Å²) in [7, 11) is -7.79. The summed E-state index contributed by atoms with van der Waals surface area (Å²) in [6.07, 6.45) is -2.97. The number of aliphatic hydroxyl groups excluding tert-OH is 3. The number of aliphatic hydroxyl groups is 3. The molecule has 0 amide bonds. The highest BCUT2D eigenvalue weighted by Gasteiger charge is 2.34. The maximum Gasteiger partial charge on any atom is 0.340 e. The number of hydrogen-bond acceptors (Lipinski definition) is 10. The zero-order chi connectivity index (χ0) is 28.3. The molecule has 1 unspecified atom stereocenters. The Bertz CT molecular complexity index is 1380. The topological polar surface area (TPSA) is 212 Å². The van der Waals surface area contributed by atoms with E-state index in [-0.39, 0.29) is 16.5 Å². The SMILES string of the molecule is C/C=C(/COP(=O)(O)CP(=O)(O)O)[C@@H](O)[C@@H](O)[C@@H](O)n1ncc2c(N(C)Cc3ccccc3)nc(Cl)nc21. The molecule has 14 nitrogen and oxygen atoms in total. The largest absolute Gasteiger partial charge is 0.386 e. The smallest absolute Gasteiger partial charge is 0.340 e. The summed E-state index contributed by atoms with van der Waals surface area (Å²) in [5, 5.41) is 36.5. The van der Waals surface area contributed by atoms with Gasteiger partial charge in [0, 0.05) is 13.6 Å². The van der Waals surface area contributed by atoms with Crippen LogP contribution in [0.25, 0.3) is 11.0 Å². The van der Waals surface area contributed by atoms with Gasteiger partial charge in [-0.05, 0) is 29.7 Å². The summed E-state index contributed by atoms with van der Waals surface area (Å²) < 4.78 is 28.6. The van der Waals surface area contributed by atoms with Crippen LogP contribution in [0, 0.1) is 0 Å². The van der Waals surface area contributed by atoms with E-state index >= 15 is 0 Å². The molecular weight excluding hydrogens is 564 g/mol. The minimum atomic E-state index is -4.85. The second-order valence-electron chi connectivity index (χ2n) is 8.41. The molecule has 0 aliphatic heterocycles. The molecule has 38 heavy (non-hydrogen) atoms. The molecule has 0 spiro atoms. The predicted molar refractivity (Wildman–Crippen MR) is 139 cm³/mol. The van der Waals surface area contributed by atoms with Gasteiger partial charge in [-0.25, -0.2) is 4.68 Å². The number of hydrogen-bond donors (Lipinski definition) is 6. The highest BCUT2D eigenvalue weighted by Crippen LogP contribution is 2.55. The Kier molecular flexibility index (Phi) is 9.82. The van der Waals surface area contributed by atoms with E-state index in [9.17, 15) is 29.3 Å². The summed E-state index contributed by atoms with van der Waals surface area (Å²) in [5.74, 6) is -1.01. The first-order chi connectivity index (χ1) is 17.7. The first kappa shape index (κ1) is 30.3. The van der Waals surface area contributed by atoms with Crippen LogP contribution in [0.1, 0.15) is 18.7 Å². The van der Waals surface area contributed by atoms with Crippen LogP contribution in [-0.2, 0) is 20.2 Å². The predicted octanol–water partition coefficient (Wildman–Crippen LogP) is 1.61. The Balaban J connectivity index is 1.81. The second-order valence-corrected chi connectivity index (χ2v) is 12.7. The van der Waals surface area contributed by atoms with Gasteiger partial charge in [0.05, 0.1) is 18.2 Å². The summed E-state index contributed by atoms with van der Waals surface area (Å²) in [6, 6.07) is 9.56. The maximum atomic E-state index is 11.9. The number of allylic oxidation sites excluding steroid dienone is 1. The van der Waals surface area contributed by atoms with Crippen molar-refractivity contribution in [3.05, 3.63) is 59.0 Å². The fraction of sp³-hybridized carbons (Fsp3) is 0.381. The lowest BCUT2D eigenvalue weighted by Crippen LogP contribution is -2.37. The Morgan fingerprint density at radius 2 is 1.82 bits per heavy atom. The minimum Gasteiger partial charge on any atom is -0.386 e. The first-order valence-electron chi connectivity index (χ1n) is 11.1. The van der Waals surface area contributed by atoms with Crippen LogP contribution in [0.4, 0.5) is 5.82 Å². The molecule has 4 atom stereocenters. The lowest BCUT2D eigenvalue weighted by molar-refractivity contribution is -0.0845. The van der Waals surface area contributed by atoms with E-state index < -0.39 is 46.1 Å². The lowest BCUT2D eigenvalue weighted by atomic mass is 10.0. The molecule has 0 saturated heterocycles. The van der Waals surface area contributed by atoms with Crippen molar-refractivity contribution in [1.82, 2.24) is 19.7 Å². The van der Waals surface area contributed by atoms with E-state index in [0.29, 0.717) is 17.7 Å². The van der Waals surface area contributed by atoms with Gasteiger partial charge in [-0.1, -0.05) is 36.4 Å². The molecule has 17 heteroatoms. The average molecular weight is 592 g/mol. The Morgan fingerprint density at radius 3 is 2.42 bits per heavy atom. The van der Waals surface area contributed by atoms with Gasteiger partial charge in [0.15, 0.2) is 17.8 Å². The average Bonchev–Trinajstić information content (AvgIpc) is 3.25. The van der Waals surface area contributed by atoms with E-state index in [1.54, 1.807) is 11.9 Å². The van der Waals surface area contributed by atoms with Gasteiger partial charge in [0.2, 0.25) is 5.28 Å². The van der Waals surface area contributed by atoms with E-state index in [0.717, 1.165) is 10.2 Å². The summed E-state index contributed by atoms with van der Waals surface area (Å²) in [5.41, 5.74) is 0.931. The number of aromatic nitrogens is 4. The van der Waals surface area contributed by atoms with Gasteiger partial charge in [-0.3, -0.25) is 9.13 Å². The van der Waals surface area contributed by atoms with Crippen LogP contribution in [0.5, 0.6) is 0 Å². The van der Waals surface area contributed by atoms with Gasteiger partial charge < -0.3 is 39.4 Å². The standard InChI is InChI=1S/C21H28ClN5O9P2/c1-3-14(11-36-38(34,35)12-37(31,32)33)16(28)17(29)20(30)27-19-15(9-23-27)18(24-21(22)25-19)26(2)10-13-7-5-4-6-8-13/h3-9,16-17,20,28-30H,10-12H2,1-2H3,(H,34,35)(H2,31,32,33)/b14-3-/t16-,17-,20-/m1/s1. The van der Waals surface area contributed by atoms with Crippen LogP contribution < -0.4 is 4.90 Å². The molecule has 0 fully saturated rings. The quantitative estimate of drug-likeness (QED) is 0.100. The maximum absolute atomic E-state index is 11.9. The Labute approximate surface area is 222 Å². The fourth-order valence-electron chi connectivity index (χ4n) is 3.62. The van der Waals surface area contributed by atoms with Crippen LogP contribution in [0.3, 0.4) is 0 Å². The number of rotatable bonds is 12. The molecule has 0 saturated carbocycles. The summed E-state index contributed by atoms with van der Waals surface area (Å²) >= 11 is 6.13. The number of benzene rings is 1. The molecule has 0 bridgehead atoms. The molecule has 6 N–H and O–H groups in total. The molecule has 208 valence electrons. The van der Waals surface area contributed by atoms with E-state index in [2.05, 4.69) is 15.1 Å². The summed E-state index contributed by atoms with van der Waals surface area (Å²) in [4.78, 5) is 37.7. The molecular formula is C21H28ClN5O9P2. The van der Waals surface area contributed by atoms with Crippen molar-refractivity contribution >= 4 is 43.6 Å². The molecule has 0 radical (unpaired) electrons. The molecule has 2 heterocycles. The lowest BCUT2D eigenvalue weighted by Gasteiger charge is -2.26. The van der Waals surface area contributed by atoms with Crippen molar-refractivity contribution in [1.29, 1.82) is 0 Å². The van der Waals surface area contributed by atoms with Gasteiger partial charge in [-0.2, -0.15) is 15.1 Å². The highest BCUT2D eigenvalue weighted by atomic mass is 35.5. The van der Waals surface area contributed by atoms with Gasteiger partial charge >= 0.3 is 15.2 Å². The third kappa shape index (κ3) is 7.67. The number of anilines is 1. The first-order valence-corrected chi connectivity index (χ1v) is 15.0. The molecule has 3 rings (SSSR count). The van der Waals surface area contributed by atoms with Gasteiger partial charge in [-0.15, -0.1) is 0 Å². The Hall–Kier alpha value is -2.22. The molecule has 1 aromatic carbocycles. The molecule has 3 aromatic rings. The number of halogens is 1. The van der Waals surface area contributed by atoms with Crippen LogP contribution in [-0.4, -0.2) is 81.5 Å². The third-order valence-electron chi connectivity index (χ3n) is 5.46. The van der Waals surface area contributed by atoms with Crippen molar-refractivity contribution in [3.8, 4) is 0 Å². The van der Waals surface area contributed by atoms with E-state index in [1.165, 1.54) is 19.2 Å². The third-order valence-corrected chi connectivity index (χ3v) is 9.06. The van der Waals surface area contributed by atoms with Crippen LogP contribution in [0.15, 0.2) is 48.2 Å². The van der Waals surface area contributed by atoms with Crippen LogP contribution in [0.2, 0.25) is 5.28 Å².